The van der Waals surface area contributed by atoms with E-state index in [0.29, 0.717) is 6.54 Å². The van der Waals surface area contributed by atoms with Gasteiger partial charge in [-0.3, -0.25) is 14.9 Å². The number of aliphatic hydroxyl groups is 1. The molecular weight excluding hydrogens is 276 g/mol. The average Bonchev–Trinajstić information content (AvgIpc) is 2.89. The molecule has 1 aromatic rings. The Morgan fingerprint density at radius 2 is 2.29 bits per heavy atom. The first-order valence-corrected chi connectivity index (χ1v) is 6.81. The Hall–Kier alpha value is -2.15. The smallest absolute Gasteiger partial charge is 0.273 e. The summed E-state index contributed by atoms with van der Waals surface area (Å²) < 4.78 is 5.04. The summed E-state index contributed by atoms with van der Waals surface area (Å²) >= 11 is 0. The third kappa shape index (κ3) is 3.49. The van der Waals surface area contributed by atoms with E-state index in [1.54, 1.807) is 0 Å². The van der Waals surface area contributed by atoms with Crippen LogP contribution in [0.1, 0.15) is 29.6 Å². The van der Waals surface area contributed by atoms with Gasteiger partial charge in [0, 0.05) is 18.5 Å². The highest BCUT2D eigenvalue weighted by molar-refractivity contribution is 5.97. The number of nitrogens with zero attached hydrogens (tertiary/aromatic N) is 1. The second-order valence-electron chi connectivity index (χ2n) is 5.11. The third-order valence-electron chi connectivity index (χ3n) is 3.78. The number of non-ortho nitro benzene ring substituents is 1. The fraction of sp³-hybridized carbons (Fsp3) is 0.500. The summed E-state index contributed by atoms with van der Waals surface area (Å²) in [4.78, 5) is 22.3. The molecule has 0 saturated heterocycles. The fourth-order valence-corrected chi connectivity index (χ4v) is 2.56. The molecule has 0 spiro atoms. The molecule has 2 unspecified atom stereocenters. The highest BCUT2D eigenvalue weighted by atomic mass is 16.6. The number of nitro benzene ring substituents is 1. The van der Waals surface area contributed by atoms with E-state index in [-0.39, 0.29) is 34.9 Å². The zero-order valence-electron chi connectivity index (χ0n) is 11.7. The molecule has 2 rings (SSSR count). The summed E-state index contributed by atoms with van der Waals surface area (Å²) in [7, 11) is 1.36. The van der Waals surface area contributed by atoms with Crippen molar-refractivity contribution in [3.63, 3.8) is 0 Å². The lowest BCUT2D eigenvalue weighted by Crippen LogP contribution is -2.32. The van der Waals surface area contributed by atoms with E-state index in [1.165, 1.54) is 25.3 Å². The number of nitrogens with one attached hydrogen (secondary N) is 1. The predicted molar refractivity (Wildman–Crippen MR) is 75.3 cm³/mol. The minimum absolute atomic E-state index is 0.0676. The Morgan fingerprint density at radius 1 is 1.52 bits per heavy atom. The van der Waals surface area contributed by atoms with E-state index in [2.05, 4.69) is 5.32 Å². The summed E-state index contributed by atoms with van der Waals surface area (Å²) in [5.74, 6) is -0.132. The second kappa shape index (κ2) is 6.53. The molecule has 2 atom stereocenters. The van der Waals surface area contributed by atoms with Crippen LogP contribution in [-0.2, 0) is 0 Å². The molecule has 1 aromatic carbocycles. The van der Waals surface area contributed by atoms with Gasteiger partial charge in [0.05, 0.1) is 29.8 Å². The Bertz CT molecular complexity index is 546. The van der Waals surface area contributed by atoms with E-state index in [0.717, 1.165) is 19.3 Å². The SMILES string of the molecule is COc1cc([N+](=O)[O-])ccc1C(=O)NCC1CCCC1O. The molecule has 0 aromatic heterocycles. The molecule has 114 valence electrons. The third-order valence-corrected chi connectivity index (χ3v) is 3.78. The molecular formula is C14H18N2O5. The molecule has 7 heteroatoms. The second-order valence-corrected chi connectivity index (χ2v) is 5.11. The molecule has 1 amide bonds. The minimum atomic E-state index is -0.543. The summed E-state index contributed by atoms with van der Waals surface area (Å²) in [6.07, 6.45) is 2.24. The topological polar surface area (TPSA) is 102 Å². The van der Waals surface area contributed by atoms with E-state index in [4.69, 9.17) is 4.74 Å². The fourth-order valence-electron chi connectivity index (χ4n) is 2.56. The molecule has 2 N–H and O–H groups in total. The maximum absolute atomic E-state index is 12.1. The van der Waals surface area contributed by atoms with Crippen LogP contribution < -0.4 is 10.1 Å². The standard InChI is InChI=1S/C14H18N2O5/c1-21-13-7-10(16(19)20)5-6-11(13)14(18)15-8-9-3-2-4-12(9)17/h5-7,9,12,17H,2-4,8H2,1H3,(H,15,18). The van der Waals surface area contributed by atoms with Crippen LogP contribution in [0.25, 0.3) is 0 Å². The Balaban J connectivity index is 2.06. The van der Waals surface area contributed by atoms with E-state index in [1.807, 2.05) is 0 Å². The predicted octanol–water partition coefficient (Wildman–Crippen LogP) is 1.49. The molecule has 0 heterocycles. The maximum Gasteiger partial charge on any atom is 0.273 e. The number of ether oxygens (including phenoxy) is 1. The molecule has 1 fully saturated rings. The summed E-state index contributed by atoms with van der Waals surface area (Å²) in [6.45, 7) is 0.389. The van der Waals surface area contributed by atoms with Crippen LogP contribution in [-0.4, -0.2) is 35.7 Å². The van der Waals surface area contributed by atoms with Crippen molar-refractivity contribution in [1.29, 1.82) is 0 Å². The van der Waals surface area contributed by atoms with E-state index >= 15 is 0 Å². The minimum Gasteiger partial charge on any atom is -0.496 e. The van der Waals surface area contributed by atoms with Crippen molar-refractivity contribution in [1.82, 2.24) is 5.32 Å². The van der Waals surface area contributed by atoms with Crippen molar-refractivity contribution in [3.8, 4) is 5.75 Å². The summed E-state index contributed by atoms with van der Waals surface area (Å²) in [5.41, 5.74) is 0.116. The number of aliphatic hydroxyl groups excluding tert-OH is 1. The highest BCUT2D eigenvalue weighted by Gasteiger charge is 2.26. The summed E-state index contributed by atoms with van der Waals surface area (Å²) in [6, 6.07) is 3.86. The van der Waals surface area contributed by atoms with Crippen molar-refractivity contribution in [2.75, 3.05) is 13.7 Å². The molecule has 0 bridgehead atoms. The lowest BCUT2D eigenvalue weighted by atomic mass is 10.1. The number of hydrogen-bond donors (Lipinski definition) is 2. The molecule has 0 aliphatic heterocycles. The quantitative estimate of drug-likeness (QED) is 0.633. The van der Waals surface area contributed by atoms with Gasteiger partial charge in [0.15, 0.2) is 0 Å². The van der Waals surface area contributed by atoms with Gasteiger partial charge in [0.2, 0.25) is 0 Å². The number of carbonyl (C=O) groups is 1. The van der Waals surface area contributed by atoms with E-state index in [9.17, 15) is 20.0 Å². The molecule has 0 radical (unpaired) electrons. The van der Waals surface area contributed by atoms with Gasteiger partial charge in [-0.1, -0.05) is 6.42 Å². The average molecular weight is 294 g/mol. The Morgan fingerprint density at radius 3 is 2.86 bits per heavy atom. The highest BCUT2D eigenvalue weighted by Crippen LogP contribution is 2.26. The number of nitro groups is 1. The van der Waals surface area contributed by atoms with Crippen LogP contribution in [0.3, 0.4) is 0 Å². The van der Waals surface area contributed by atoms with Gasteiger partial charge < -0.3 is 15.2 Å². The zero-order chi connectivity index (χ0) is 15.4. The maximum atomic E-state index is 12.1. The first kappa shape index (κ1) is 15.2. The number of amides is 1. The molecule has 1 saturated carbocycles. The van der Waals surface area contributed by atoms with Crippen molar-refractivity contribution in [3.05, 3.63) is 33.9 Å². The van der Waals surface area contributed by atoms with Crippen LogP contribution in [0.2, 0.25) is 0 Å². The normalized spacial score (nSPS) is 21.0. The van der Waals surface area contributed by atoms with Crippen molar-refractivity contribution in [2.45, 2.75) is 25.4 Å². The van der Waals surface area contributed by atoms with E-state index < -0.39 is 4.92 Å². The van der Waals surface area contributed by atoms with Crippen LogP contribution in [0.15, 0.2) is 18.2 Å². The monoisotopic (exact) mass is 294 g/mol. The number of rotatable bonds is 5. The lowest BCUT2D eigenvalue weighted by molar-refractivity contribution is -0.384. The van der Waals surface area contributed by atoms with Crippen molar-refractivity contribution < 1.29 is 19.6 Å². The van der Waals surface area contributed by atoms with Gasteiger partial charge in [-0.05, 0) is 18.9 Å². The van der Waals surface area contributed by atoms with Crippen LogP contribution in [0.4, 0.5) is 5.69 Å². The van der Waals surface area contributed by atoms with Crippen LogP contribution >= 0.6 is 0 Å². The Kier molecular flexibility index (Phi) is 4.74. The summed E-state index contributed by atoms with van der Waals surface area (Å²) in [5, 5.41) is 23.2. The molecule has 1 aliphatic carbocycles. The largest absolute Gasteiger partial charge is 0.496 e. The van der Waals surface area contributed by atoms with Gasteiger partial charge >= 0.3 is 0 Å². The van der Waals surface area contributed by atoms with Crippen molar-refractivity contribution in [2.24, 2.45) is 5.92 Å². The number of hydrogen-bond acceptors (Lipinski definition) is 5. The van der Waals surface area contributed by atoms with Gasteiger partial charge in [0.25, 0.3) is 11.6 Å². The molecule has 7 nitrogen and oxygen atoms in total. The number of benzene rings is 1. The van der Waals surface area contributed by atoms with Gasteiger partial charge in [-0.2, -0.15) is 0 Å². The van der Waals surface area contributed by atoms with Gasteiger partial charge in [-0.15, -0.1) is 0 Å². The van der Waals surface area contributed by atoms with Gasteiger partial charge in [0.1, 0.15) is 5.75 Å². The number of methoxy groups -OCH3 is 1. The van der Waals surface area contributed by atoms with Crippen LogP contribution in [0, 0.1) is 16.0 Å². The molecule has 1 aliphatic rings. The lowest BCUT2D eigenvalue weighted by Gasteiger charge is -2.15. The Labute approximate surface area is 122 Å². The zero-order valence-corrected chi connectivity index (χ0v) is 11.7. The molecule has 21 heavy (non-hydrogen) atoms. The number of carbonyl (C=O) groups excluding carboxylic acids is 1. The first-order chi connectivity index (χ1) is 10.0. The van der Waals surface area contributed by atoms with Crippen molar-refractivity contribution >= 4 is 11.6 Å². The van der Waals surface area contributed by atoms with Gasteiger partial charge in [-0.25, -0.2) is 0 Å². The first-order valence-electron chi connectivity index (χ1n) is 6.81. The van der Waals surface area contributed by atoms with Crippen LogP contribution in [0.5, 0.6) is 5.75 Å².